The highest BCUT2D eigenvalue weighted by Crippen LogP contribution is 2.45. The van der Waals surface area contributed by atoms with E-state index < -0.39 is 0 Å². The molecule has 15 aromatic rings. The van der Waals surface area contributed by atoms with Crippen LogP contribution in [-0.4, -0.2) is 19.5 Å². The SMILES string of the molecule is Cc1c(C)n(-c2ccccc2)c2ccc(-c3ccc4c5ccc(-c6ccc7sc8cccc(-c9nc(-c%10ccccc%10)nc(-c%10cccc%11c%10sc%10ccccc%10%11)n9)c8c7c6)cc5c5ccccc5c4c3)cc12. The third kappa shape index (κ3) is 6.61. The summed E-state index contributed by atoms with van der Waals surface area (Å²) in [6, 6.07) is 79.5. The Morgan fingerprint density at radius 2 is 0.836 bits per heavy atom. The van der Waals surface area contributed by atoms with Crippen molar-refractivity contribution in [3.05, 3.63) is 230 Å². The molecule has 342 valence electrons. The Morgan fingerprint density at radius 1 is 0.329 bits per heavy atom. The van der Waals surface area contributed by atoms with Gasteiger partial charge in [-0.25, -0.2) is 15.0 Å². The van der Waals surface area contributed by atoms with Crippen LogP contribution in [0.3, 0.4) is 0 Å². The zero-order chi connectivity index (χ0) is 48.3. The van der Waals surface area contributed by atoms with Crippen molar-refractivity contribution in [1.29, 1.82) is 0 Å². The molecule has 0 amide bonds. The lowest BCUT2D eigenvalue weighted by Crippen LogP contribution is -2.00. The molecule has 73 heavy (non-hydrogen) atoms. The van der Waals surface area contributed by atoms with Crippen LogP contribution < -0.4 is 0 Å². The molecule has 15 rings (SSSR count). The highest BCUT2D eigenvalue weighted by atomic mass is 32.1. The molecule has 0 radical (unpaired) electrons. The van der Waals surface area contributed by atoms with Gasteiger partial charge in [-0.05, 0) is 141 Å². The number of hydrogen-bond donors (Lipinski definition) is 0. The van der Waals surface area contributed by atoms with E-state index in [0.717, 1.165) is 22.1 Å². The first kappa shape index (κ1) is 41.9. The third-order valence-electron chi connectivity index (χ3n) is 15.1. The summed E-state index contributed by atoms with van der Waals surface area (Å²) >= 11 is 3.61. The molecule has 0 aliphatic rings. The summed E-state index contributed by atoms with van der Waals surface area (Å²) < 4.78 is 7.23. The normalized spacial score (nSPS) is 12.0. The first-order chi connectivity index (χ1) is 36.0. The monoisotopic (exact) mass is 966 g/mol. The topological polar surface area (TPSA) is 43.6 Å². The molecule has 0 saturated carbocycles. The average Bonchev–Trinajstić information content (AvgIpc) is 4.11. The fourth-order valence-corrected chi connectivity index (χ4v) is 13.8. The van der Waals surface area contributed by atoms with Gasteiger partial charge in [-0.1, -0.05) is 152 Å². The fourth-order valence-electron chi connectivity index (χ4n) is 11.4. The molecule has 4 heterocycles. The van der Waals surface area contributed by atoms with E-state index in [1.54, 1.807) is 11.3 Å². The molecular weight excluding hydrogens is 925 g/mol. The van der Waals surface area contributed by atoms with Gasteiger partial charge in [0.1, 0.15) is 0 Å². The second-order valence-electron chi connectivity index (χ2n) is 19.1. The summed E-state index contributed by atoms with van der Waals surface area (Å²) in [5, 5.41) is 13.6. The summed E-state index contributed by atoms with van der Waals surface area (Å²) in [7, 11) is 0. The van der Waals surface area contributed by atoms with Gasteiger partial charge in [-0.2, -0.15) is 0 Å². The van der Waals surface area contributed by atoms with Gasteiger partial charge in [0.05, 0.1) is 5.52 Å². The maximum atomic E-state index is 5.37. The standard InChI is InChI=1S/C67H42N4S2/c1-39-40(2)71(46-17-7-4-8-18-46)59-33-29-44(35-55(39)59)42-27-31-49-50-32-28-43(37-57(50)48-20-10-9-19-47(48)56(49)36-42)45-30-34-61-58(38-45)63-53(23-14-26-62(63)72-61)66-68-65(41-15-5-3-6-16-41)69-67(70-66)54-24-13-22-52-51-21-11-12-25-60(51)73-64(52)54/h3-38H,1-2H3. The van der Waals surface area contributed by atoms with E-state index >= 15 is 0 Å². The smallest absolute Gasteiger partial charge is 0.165 e. The van der Waals surface area contributed by atoms with Crippen molar-refractivity contribution in [2.45, 2.75) is 13.8 Å². The maximum absolute atomic E-state index is 5.37. The summed E-state index contributed by atoms with van der Waals surface area (Å²) in [5.74, 6) is 1.99. The summed E-state index contributed by atoms with van der Waals surface area (Å²) in [6.45, 7) is 4.47. The van der Waals surface area contributed by atoms with Gasteiger partial charge in [0.15, 0.2) is 17.5 Å². The largest absolute Gasteiger partial charge is 0.314 e. The number of thiophene rings is 2. The molecule has 0 spiro atoms. The Hall–Kier alpha value is -8.81. The van der Waals surface area contributed by atoms with E-state index in [1.807, 2.05) is 29.5 Å². The van der Waals surface area contributed by atoms with Crippen molar-refractivity contribution in [3.63, 3.8) is 0 Å². The molecule has 11 aromatic carbocycles. The van der Waals surface area contributed by atoms with Gasteiger partial charge >= 0.3 is 0 Å². The van der Waals surface area contributed by atoms with Gasteiger partial charge in [0, 0.05) is 73.8 Å². The molecule has 0 N–H and O–H groups in total. The zero-order valence-electron chi connectivity index (χ0n) is 39.9. The van der Waals surface area contributed by atoms with Crippen LogP contribution in [0.2, 0.25) is 0 Å². The van der Waals surface area contributed by atoms with Gasteiger partial charge in [-0.15, -0.1) is 22.7 Å². The maximum Gasteiger partial charge on any atom is 0.165 e. The Balaban J connectivity index is 0.858. The molecule has 0 aliphatic heterocycles. The lowest BCUT2D eigenvalue weighted by Gasteiger charge is -2.14. The van der Waals surface area contributed by atoms with Crippen LogP contribution in [0.15, 0.2) is 218 Å². The predicted octanol–water partition coefficient (Wildman–Crippen LogP) is 19.0. The molecule has 0 unspecified atom stereocenters. The third-order valence-corrected chi connectivity index (χ3v) is 17.4. The van der Waals surface area contributed by atoms with Gasteiger partial charge in [0.25, 0.3) is 0 Å². The number of nitrogens with zero attached hydrogens (tertiary/aromatic N) is 4. The zero-order valence-corrected chi connectivity index (χ0v) is 41.5. The van der Waals surface area contributed by atoms with Crippen molar-refractivity contribution < 1.29 is 0 Å². The van der Waals surface area contributed by atoms with Crippen LogP contribution >= 0.6 is 22.7 Å². The second-order valence-corrected chi connectivity index (χ2v) is 21.3. The predicted molar refractivity (Wildman–Crippen MR) is 312 cm³/mol. The van der Waals surface area contributed by atoms with Gasteiger partial charge in [0.2, 0.25) is 0 Å². The van der Waals surface area contributed by atoms with Crippen LogP contribution in [0, 0.1) is 13.8 Å². The second kappa shape index (κ2) is 16.4. The molecule has 0 bridgehead atoms. The molecule has 0 aliphatic carbocycles. The fraction of sp³-hybridized carbons (Fsp3) is 0.0299. The van der Waals surface area contributed by atoms with Gasteiger partial charge < -0.3 is 4.57 Å². The van der Waals surface area contributed by atoms with Crippen LogP contribution in [0.4, 0.5) is 0 Å². The van der Waals surface area contributed by atoms with Crippen molar-refractivity contribution in [1.82, 2.24) is 19.5 Å². The van der Waals surface area contributed by atoms with Crippen molar-refractivity contribution in [3.8, 4) is 62.1 Å². The minimum atomic E-state index is 0.657. The van der Waals surface area contributed by atoms with Crippen LogP contribution in [0.25, 0.3) is 146 Å². The number of hydrogen-bond acceptors (Lipinski definition) is 5. The lowest BCUT2D eigenvalue weighted by atomic mass is 9.90. The number of rotatable bonds is 6. The summed E-state index contributed by atoms with van der Waals surface area (Å²) in [6.07, 6.45) is 0. The van der Waals surface area contributed by atoms with E-state index in [9.17, 15) is 0 Å². The Labute approximate surface area is 428 Å². The number of aromatic nitrogens is 4. The van der Waals surface area contributed by atoms with E-state index in [0.29, 0.717) is 17.5 Å². The molecule has 0 saturated heterocycles. The summed E-state index contributed by atoms with van der Waals surface area (Å²) in [5.41, 5.74) is 12.8. The Bertz CT molecular complexity index is 4740. The van der Waals surface area contributed by atoms with E-state index in [4.69, 9.17) is 15.0 Å². The van der Waals surface area contributed by atoms with Crippen molar-refractivity contribution in [2.24, 2.45) is 0 Å². The minimum absolute atomic E-state index is 0.657. The summed E-state index contributed by atoms with van der Waals surface area (Å²) in [4.78, 5) is 15.8. The van der Waals surface area contributed by atoms with Crippen LogP contribution in [0.5, 0.6) is 0 Å². The van der Waals surface area contributed by atoms with Crippen LogP contribution in [0.1, 0.15) is 11.3 Å². The number of benzene rings is 11. The van der Waals surface area contributed by atoms with Gasteiger partial charge in [-0.3, -0.25) is 0 Å². The first-order valence-corrected chi connectivity index (χ1v) is 26.4. The van der Waals surface area contributed by atoms with E-state index in [2.05, 4.69) is 219 Å². The quantitative estimate of drug-likeness (QED) is 0.156. The van der Waals surface area contributed by atoms with Crippen molar-refractivity contribution in [2.75, 3.05) is 0 Å². The highest BCUT2D eigenvalue weighted by molar-refractivity contribution is 7.26. The molecule has 0 fully saturated rings. The van der Waals surface area contributed by atoms with E-state index in [-0.39, 0.29) is 0 Å². The average molecular weight is 967 g/mol. The number of para-hydroxylation sites is 1. The lowest BCUT2D eigenvalue weighted by molar-refractivity contribution is 1.04. The minimum Gasteiger partial charge on any atom is -0.314 e. The molecule has 6 heteroatoms. The van der Waals surface area contributed by atoms with Crippen molar-refractivity contribution >= 4 is 106 Å². The van der Waals surface area contributed by atoms with E-state index in [1.165, 1.54) is 117 Å². The highest BCUT2D eigenvalue weighted by Gasteiger charge is 2.21. The number of fused-ring (bicyclic) bond motifs is 13. The molecule has 4 aromatic heterocycles. The first-order valence-electron chi connectivity index (χ1n) is 24.7. The number of aryl methyl sites for hydroxylation is 1. The molecule has 0 atom stereocenters. The molecule has 4 nitrogen and oxygen atoms in total. The van der Waals surface area contributed by atoms with Crippen LogP contribution in [-0.2, 0) is 0 Å². The molecular formula is C67H42N4S2. The Kier molecular flexibility index (Phi) is 9.40. The Morgan fingerprint density at radius 3 is 1.56 bits per heavy atom.